The van der Waals surface area contributed by atoms with Crippen LogP contribution >= 0.6 is 0 Å². The lowest BCUT2D eigenvalue weighted by molar-refractivity contribution is -0.157. The summed E-state index contributed by atoms with van der Waals surface area (Å²) in [4.78, 5) is 19.5. The maximum Gasteiger partial charge on any atom is 0.231 e. The average Bonchev–Trinajstić information content (AvgIpc) is 3.54. The smallest absolute Gasteiger partial charge is 0.231 e. The molecule has 2 aromatic rings. The van der Waals surface area contributed by atoms with Crippen LogP contribution in [-0.4, -0.2) is 73.7 Å². The van der Waals surface area contributed by atoms with Gasteiger partial charge in [-0.05, 0) is 53.8 Å². The van der Waals surface area contributed by atoms with E-state index in [4.69, 9.17) is 18.9 Å². The van der Waals surface area contributed by atoms with Crippen LogP contribution < -0.4 is 9.47 Å². The summed E-state index contributed by atoms with van der Waals surface area (Å²) in [5.41, 5.74) is 2.11. The van der Waals surface area contributed by atoms with E-state index in [1.807, 2.05) is 12.1 Å². The van der Waals surface area contributed by atoms with Gasteiger partial charge in [-0.25, -0.2) is 4.98 Å². The summed E-state index contributed by atoms with van der Waals surface area (Å²) in [5.74, 6) is -1.90. The molecule has 3 aliphatic rings. The number of aliphatic hydroxyl groups is 2. The minimum Gasteiger partial charge on any atom is -0.454 e. The van der Waals surface area contributed by atoms with E-state index in [9.17, 15) is 19.4 Å². The van der Waals surface area contributed by atoms with Gasteiger partial charge in [0.15, 0.2) is 11.5 Å². The largest absolute Gasteiger partial charge is 0.454 e. The van der Waals surface area contributed by atoms with Crippen molar-refractivity contribution in [2.45, 2.75) is 56.8 Å². The average molecular weight is 561 g/mol. The molecule has 1 fully saturated rings. The number of fused-ring (bicyclic) bond motifs is 2. The molecule has 0 radical (unpaired) electrons. The van der Waals surface area contributed by atoms with Gasteiger partial charge < -0.3 is 34.1 Å². The van der Waals surface area contributed by atoms with Crippen molar-refractivity contribution in [2.75, 3.05) is 33.3 Å². The van der Waals surface area contributed by atoms with E-state index in [-0.39, 0.29) is 26.1 Å². The second-order valence-electron chi connectivity index (χ2n) is 11.7. The molecule has 11 heteroatoms. The molecule has 5 atom stereocenters. The van der Waals surface area contributed by atoms with Crippen molar-refractivity contribution >= 4 is 14.0 Å². The minimum absolute atomic E-state index is 0.00442. The summed E-state index contributed by atoms with van der Waals surface area (Å²) in [7, 11) is -1.29. The number of benzene rings is 1. The number of pyridine rings is 1. The van der Waals surface area contributed by atoms with Gasteiger partial charge in [-0.2, -0.15) is 4.39 Å². The lowest BCUT2D eigenvalue weighted by Gasteiger charge is -2.44. The summed E-state index contributed by atoms with van der Waals surface area (Å²) >= 11 is 0. The number of ether oxygens (including phenoxy) is 4. The summed E-state index contributed by atoms with van der Waals surface area (Å²) in [6.45, 7) is 7.51. The Bertz CT molecular complexity index is 1180. The van der Waals surface area contributed by atoms with Gasteiger partial charge in [0.2, 0.25) is 18.6 Å². The first kappa shape index (κ1) is 28.0. The van der Waals surface area contributed by atoms with Crippen molar-refractivity contribution in [2.24, 2.45) is 11.8 Å². The molecule has 0 saturated carbocycles. The first-order valence-electron chi connectivity index (χ1n) is 13.5. The van der Waals surface area contributed by atoms with Crippen molar-refractivity contribution in [3.63, 3.8) is 0 Å². The van der Waals surface area contributed by atoms with Crippen molar-refractivity contribution in [3.05, 3.63) is 53.1 Å². The third-order valence-electron chi connectivity index (χ3n) is 7.87. The molecule has 1 saturated heterocycles. The van der Waals surface area contributed by atoms with Crippen LogP contribution in [0, 0.1) is 17.8 Å². The van der Waals surface area contributed by atoms with E-state index in [1.54, 1.807) is 6.07 Å². The number of rotatable bonds is 9. The number of halogens is 1. The molecular formula is C28H37FN2O7Si. The maximum absolute atomic E-state index is 14.1. The molecule has 5 rings (SSSR count). The monoisotopic (exact) mass is 560 g/mol. The first-order valence-corrected chi connectivity index (χ1v) is 17.2. The molecule has 1 aliphatic carbocycles. The number of aromatic nitrogens is 1. The fourth-order valence-electron chi connectivity index (χ4n) is 5.81. The molecule has 2 N–H and O–H groups in total. The predicted molar refractivity (Wildman–Crippen MR) is 142 cm³/mol. The Morgan fingerprint density at radius 2 is 1.95 bits per heavy atom. The molecule has 2 aliphatic heterocycles. The second kappa shape index (κ2) is 11.5. The lowest BCUT2D eigenvalue weighted by Crippen LogP contribution is -2.49. The number of hydrogen-bond donors (Lipinski definition) is 2. The highest BCUT2D eigenvalue weighted by Crippen LogP contribution is 2.53. The quantitative estimate of drug-likeness (QED) is 0.207. The molecule has 1 aromatic heterocycles. The van der Waals surface area contributed by atoms with Crippen LogP contribution in [0.3, 0.4) is 0 Å². The van der Waals surface area contributed by atoms with Crippen LogP contribution in [-0.2, 0) is 14.3 Å². The summed E-state index contributed by atoms with van der Waals surface area (Å²) < 4.78 is 37.3. The fraction of sp³-hybridized carbons (Fsp3) is 0.571. The fourth-order valence-corrected chi connectivity index (χ4v) is 6.57. The van der Waals surface area contributed by atoms with Gasteiger partial charge in [-0.15, -0.1) is 0 Å². The molecule has 9 nitrogen and oxygen atoms in total. The molecular weight excluding hydrogens is 523 g/mol. The van der Waals surface area contributed by atoms with Crippen LogP contribution in [0.25, 0.3) is 0 Å². The van der Waals surface area contributed by atoms with Crippen LogP contribution in [0.15, 0.2) is 30.5 Å². The number of likely N-dealkylation sites (tertiary alicyclic amines) is 1. The summed E-state index contributed by atoms with van der Waals surface area (Å²) in [5, 5.41) is 21.3. The standard InChI is InChI=1S/C28H37FN2O7Si/c1-39(2,3)10-9-35-15-38-27-19-12-22-21(36-16-37-22)11-18(19)25(17-6-7-23(29)30-13-17)26(20(27)14-32)28(34)31-8-4-5-24(31)33/h6-7,11-13,20,24-27,32-33H,4-5,8-10,14-16H2,1-3H3/t20-,24+,25+,26?,27-/m0/s1. The maximum atomic E-state index is 14.1. The van der Waals surface area contributed by atoms with Gasteiger partial charge in [-0.3, -0.25) is 4.79 Å². The van der Waals surface area contributed by atoms with Crippen LogP contribution in [0.1, 0.15) is 41.6 Å². The zero-order chi connectivity index (χ0) is 27.7. The Kier molecular flexibility index (Phi) is 8.25. The normalized spacial score (nSPS) is 26.1. The van der Waals surface area contributed by atoms with Crippen molar-refractivity contribution in [1.29, 1.82) is 0 Å². The van der Waals surface area contributed by atoms with Crippen molar-refractivity contribution < 1.29 is 38.3 Å². The summed E-state index contributed by atoms with van der Waals surface area (Å²) in [6, 6.07) is 7.52. The lowest BCUT2D eigenvalue weighted by atomic mass is 9.65. The number of carbonyl (C=O) groups is 1. The van der Waals surface area contributed by atoms with E-state index >= 15 is 0 Å². The molecule has 3 heterocycles. The number of nitrogens with zero attached hydrogens (tertiary/aromatic N) is 2. The molecule has 1 aromatic carbocycles. The molecule has 1 amide bonds. The van der Waals surface area contributed by atoms with Gasteiger partial charge in [0.1, 0.15) is 13.0 Å². The molecule has 1 unspecified atom stereocenters. The Labute approximate surface area is 228 Å². The Morgan fingerprint density at radius 1 is 1.21 bits per heavy atom. The zero-order valence-electron chi connectivity index (χ0n) is 22.6. The van der Waals surface area contributed by atoms with Crippen LogP contribution in [0.2, 0.25) is 25.7 Å². The number of aliphatic hydroxyl groups excluding tert-OH is 2. The van der Waals surface area contributed by atoms with Crippen LogP contribution in [0.4, 0.5) is 4.39 Å². The zero-order valence-corrected chi connectivity index (χ0v) is 23.6. The topological polar surface area (TPSA) is 111 Å². The van der Waals surface area contributed by atoms with Crippen LogP contribution in [0.5, 0.6) is 11.5 Å². The number of carbonyl (C=O) groups excluding carboxylic acids is 1. The molecule has 0 spiro atoms. The SMILES string of the molecule is C[Si](C)(C)CCOCO[C@H]1c2cc3c(cc2[C@@H](c2ccc(F)nc2)C(C(=O)N2CCC[C@H]2O)[C@@H]1CO)OCO3. The van der Waals surface area contributed by atoms with E-state index in [2.05, 4.69) is 24.6 Å². The number of amides is 1. The Morgan fingerprint density at radius 3 is 2.56 bits per heavy atom. The van der Waals surface area contributed by atoms with E-state index in [0.717, 1.165) is 17.2 Å². The van der Waals surface area contributed by atoms with E-state index < -0.39 is 44.1 Å². The molecule has 39 heavy (non-hydrogen) atoms. The number of hydrogen-bond acceptors (Lipinski definition) is 8. The Balaban J connectivity index is 1.57. The van der Waals surface area contributed by atoms with Gasteiger partial charge in [-0.1, -0.05) is 25.7 Å². The predicted octanol–water partition coefficient (Wildman–Crippen LogP) is 3.63. The molecule has 212 valence electrons. The first-order chi connectivity index (χ1) is 18.7. The van der Waals surface area contributed by atoms with Gasteiger partial charge in [0.25, 0.3) is 0 Å². The van der Waals surface area contributed by atoms with Gasteiger partial charge in [0.05, 0.1) is 12.0 Å². The Hall–Kier alpha value is -2.57. The van der Waals surface area contributed by atoms with Gasteiger partial charge >= 0.3 is 0 Å². The highest BCUT2D eigenvalue weighted by atomic mass is 28.3. The van der Waals surface area contributed by atoms with E-state index in [0.29, 0.717) is 43.1 Å². The highest BCUT2D eigenvalue weighted by Gasteiger charge is 2.50. The summed E-state index contributed by atoms with van der Waals surface area (Å²) in [6.07, 6.45) is 1.01. The minimum atomic E-state index is -1.29. The second-order valence-corrected chi connectivity index (χ2v) is 17.3. The third kappa shape index (κ3) is 5.83. The molecule has 0 bridgehead atoms. The highest BCUT2D eigenvalue weighted by molar-refractivity contribution is 6.76. The van der Waals surface area contributed by atoms with Crippen molar-refractivity contribution in [1.82, 2.24) is 9.88 Å². The van der Waals surface area contributed by atoms with Crippen molar-refractivity contribution in [3.8, 4) is 11.5 Å². The third-order valence-corrected chi connectivity index (χ3v) is 9.57. The van der Waals surface area contributed by atoms with Gasteiger partial charge in [0, 0.05) is 45.9 Å². The van der Waals surface area contributed by atoms with E-state index in [1.165, 1.54) is 17.2 Å².